The predicted octanol–water partition coefficient (Wildman–Crippen LogP) is 3.40. The number of nitro groups is 1. The zero-order valence-corrected chi connectivity index (χ0v) is 17.2. The molecule has 154 valence electrons. The molecule has 1 saturated heterocycles. The highest BCUT2D eigenvalue weighted by molar-refractivity contribution is 8.18. The van der Waals surface area contributed by atoms with Gasteiger partial charge in [-0.05, 0) is 47.7 Å². The van der Waals surface area contributed by atoms with Gasteiger partial charge in [-0.2, -0.15) is 4.99 Å². The van der Waals surface area contributed by atoms with Gasteiger partial charge in [0.2, 0.25) is 0 Å². The van der Waals surface area contributed by atoms with Crippen molar-refractivity contribution in [2.75, 3.05) is 38.2 Å². The number of aliphatic imine (C=N–C) groups is 1. The number of nitrogens with zero attached hydrogens (tertiary/aromatic N) is 4. The number of benzene rings is 2. The molecule has 2 aliphatic rings. The van der Waals surface area contributed by atoms with Gasteiger partial charge in [0.05, 0.1) is 16.9 Å². The number of hydrogen-bond donors (Lipinski definition) is 0. The normalized spacial score (nSPS) is 18.0. The number of anilines is 1. The van der Waals surface area contributed by atoms with Crippen molar-refractivity contribution in [3.05, 3.63) is 69.1 Å². The lowest BCUT2D eigenvalue weighted by Gasteiger charge is -2.36. The van der Waals surface area contributed by atoms with Gasteiger partial charge in [-0.1, -0.05) is 12.1 Å². The van der Waals surface area contributed by atoms with Crippen molar-refractivity contribution in [1.82, 2.24) is 4.90 Å². The largest absolute Gasteiger partial charge is 0.497 e. The first-order chi connectivity index (χ1) is 14.5. The van der Waals surface area contributed by atoms with E-state index in [0.717, 1.165) is 48.3 Å². The molecule has 2 aliphatic heterocycles. The Morgan fingerprint density at radius 3 is 2.27 bits per heavy atom. The Balaban J connectivity index is 1.36. The number of piperazine rings is 1. The summed E-state index contributed by atoms with van der Waals surface area (Å²) in [7, 11) is 1.62. The Morgan fingerprint density at radius 2 is 1.67 bits per heavy atom. The molecule has 2 aromatic carbocycles. The molecule has 0 saturated carbocycles. The van der Waals surface area contributed by atoms with Gasteiger partial charge in [-0.15, -0.1) is 0 Å². The number of nitro benzene ring substituents is 1. The second-order valence-corrected chi connectivity index (χ2v) is 7.84. The number of amidine groups is 1. The van der Waals surface area contributed by atoms with Crippen LogP contribution in [0.15, 0.2) is 58.4 Å². The molecule has 8 nitrogen and oxygen atoms in total. The van der Waals surface area contributed by atoms with Crippen LogP contribution in [0.3, 0.4) is 0 Å². The van der Waals surface area contributed by atoms with E-state index in [1.807, 2.05) is 30.3 Å². The molecule has 0 atom stereocenters. The van der Waals surface area contributed by atoms with Crippen LogP contribution in [0.4, 0.5) is 11.4 Å². The lowest BCUT2D eigenvalue weighted by atomic mass is 10.2. The van der Waals surface area contributed by atoms with Crippen LogP contribution < -0.4 is 9.64 Å². The van der Waals surface area contributed by atoms with E-state index in [4.69, 9.17) is 4.74 Å². The Hall–Kier alpha value is -3.33. The first-order valence-electron chi connectivity index (χ1n) is 9.44. The predicted molar refractivity (Wildman–Crippen MR) is 118 cm³/mol. The summed E-state index contributed by atoms with van der Waals surface area (Å²) >= 11 is 1.40. The standard InChI is InChI=1S/C21H20N4O4S/c1-29-18-8-2-15(3-9-18)14-19-20(26)22-21(30-19)24-12-10-23(11-13-24)16-4-6-17(7-5-16)25(27)28/h2-9,14H,10-13H2,1H3. The van der Waals surface area contributed by atoms with Crippen LogP contribution in [0.1, 0.15) is 5.56 Å². The van der Waals surface area contributed by atoms with Crippen molar-refractivity contribution >= 4 is 40.3 Å². The molecule has 1 amide bonds. The minimum atomic E-state index is -0.398. The molecule has 0 spiro atoms. The van der Waals surface area contributed by atoms with Crippen LogP contribution in [-0.2, 0) is 4.79 Å². The van der Waals surface area contributed by atoms with Gasteiger partial charge < -0.3 is 14.5 Å². The number of carbonyl (C=O) groups excluding carboxylic acids is 1. The van der Waals surface area contributed by atoms with Crippen molar-refractivity contribution in [1.29, 1.82) is 0 Å². The maximum absolute atomic E-state index is 12.3. The highest BCUT2D eigenvalue weighted by atomic mass is 32.2. The lowest BCUT2D eigenvalue weighted by molar-refractivity contribution is -0.384. The minimum absolute atomic E-state index is 0.0868. The fraction of sp³-hybridized carbons (Fsp3) is 0.238. The number of non-ortho nitro benzene ring substituents is 1. The van der Waals surface area contributed by atoms with E-state index in [2.05, 4.69) is 14.8 Å². The fourth-order valence-corrected chi connectivity index (χ4v) is 4.29. The molecule has 1 fully saturated rings. The third-order valence-electron chi connectivity index (χ3n) is 5.00. The number of hydrogen-bond acceptors (Lipinski definition) is 7. The molecule has 0 radical (unpaired) electrons. The number of rotatable bonds is 4. The SMILES string of the molecule is COc1ccc(C=C2SC(N3CCN(c4ccc([N+](=O)[O-])cc4)CC3)=NC2=O)cc1. The first-order valence-corrected chi connectivity index (χ1v) is 10.3. The molecule has 0 N–H and O–H groups in total. The van der Waals surface area contributed by atoms with Crippen molar-refractivity contribution < 1.29 is 14.5 Å². The van der Waals surface area contributed by atoms with E-state index in [9.17, 15) is 14.9 Å². The Labute approximate surface area is 178 Å². The zero-order chi connectivity index (χ0) is 21.1. The van der Waals surface area contributed by atoms with Crippen LogP contribution >= 0.6 is 11.8 Å². The van der Waals surface area contributed by atoms with Crippen LogP contribution in [0.5, 0.6) is 5.75 Å². The van der Waals surface area contributed by atoms with Gasteiger partial charge >= 0.3 is 0 Å². The van der Waals surface area contributed by atoms with Crippen molar-refractivity contribution in [2.45, 2.75) is 0 Å². The summed E-state index contributed by atoms with van der Waals surface area (Å²) in [4.78, 5) is 31.9. The molecule has 0 bridgehead atoms. The van der Waals surface area contributed by atoms with E-state index in [0.29, 0.717) is 4.91 Å². The molecular formula is C21H20N4O4S. The van der Waals surface area contributed by atoms with Crippen molar-refractivity contribution in [2.24, 2.45) is 4.99 Å². The number of thioether (sulfide) groups is 1. The maximum atomic E-state index is 12.3. The lowest BCUT2D eigenvalue weighted by Crippen LogP contribution is -2.47. The van der Waals surface area contributed by atoms with E-state index in [1.54, 1.807) is 19.2 Å². The number of carbonyl (C=O) groups is 1. The highest BCUT2D eigenvalue weighted by Crippen LogP contribution is 2.31. The van der Waals surface area contributed by atoms with Gasteiger partial charge in [-0.3, -0.25) is 14.9 Å². The first kappa shape index (κ1) is 20.0. The number of methoxy groups -OCH3 is 1. The number of ether oxygens (including phenoxy) is 1. The van der Waals surface area contributed by atoms with Gasteiger partial charge in [0, 0.05) is 44.0 Å². The van der Waals surface area contributed by atoms with Gasteiger partial charge in [0.1, 0.15) is 5.75 Å². The Bertz CT molecular complexity index is 1010. The summed E-state index contributed by atoms with van der Waals surface area (Å²) < 4.78 is 5.16. The summed E-state index contributed by atoms with van der Waals surface area (Å²) in [6.45, 7) is 2.96. The Kier molecular flexibility index (Phi) is 5.71. The summed E-state index contributed by atoms with van der Waals surface area (Å²) in [5, 5.41) is 11.5. The van der Waals surface area contributed by atoms with E-state index < -0.39 is 4.92 Å². The monoisotopic (exact) mass is 424 g/mol. The molecule has 2 heterocycles. The third kappa shape index (κ3) is 4.30. The van der Waals surface area contributed by atoms with Crippen LogP contribution in [-0.4, -0.2) is 54.2 Å². The zero-order valence-electron chi connectivity index (χ0n) is 16.4. The van der Waals surface area contributed by atoms with Crippen molar-refractivity contribution in [3.63, 3.8) is 0 Å². The topological polar surface area (TPSA) is 88.3 Å². The second-order valence-electron chi connectivity index (χ2n) is 6.83. The summed E-state index contributed by atoms with van der Waals surface area (Å²) in [6.07, 6.45) is 1.84. The van der Waals surface area contributed by atoms with Gasteiger partial charge in [-0.25, -0.2) is 0 Å². The quantitative estimate of drug-likeness (QED) is 0.422. The summed E-state index contributed by atoms with van der Waals surface area (Å²) in [5.41, 5.74) is 1.97. The van der Waals surface area contributed by atoms with E-state index in [-0.39, 0.29) is 11.6 Å². The fourth-order valence-electron chi connectivity index (χ4n) is 3.33. The molecular weight excluding hydrogens is 404 g/mol. The summed E-state index contributed by atoms with van der Waals surface area (Å²) in [6, 6.07) is 14.1. The highest BCUT2D eigenvalue weighted by Gasteiger charge is 2.28. The molecule has 4 rings (SSSR count). The molecule has 0 aliphatic carbocycles. The average molecular weight is 424 g/mol. The smallest absolute Gasteiger partial charge is 0.286 e. The minimum Gasteiger partial charge on any atom is -0.497 e. The molecule has 9 heteroatoms. The van der Waals surface area contributed by atoms with Crippen LogP contribution in [0, 0.1) is 10.1 Å². The van der Waals surface area contributed by atoms with Crippen LogP contribution in [0.2, 0.25) is 0 Å². The molecule has 0 aromatic heterocycles. The van der Waals surface area contributed by atoms with E-state index in [1.165, 1.54) is 23.9 Å². The molecule has 0 unspecified atom stereocenters. The molecule has 2 aromatic rings. The van der Waals surface area contributed by atoms with Gasteiger partial charge in [0.25, 0.3) is 11.6 Å². The van der Waals surface area contributed by atoms with Crippen molar-refractivity contribution in [3.8, 4) is 5.75 Å². The summed E-state index contributed by atoms with van der Waals surface area (Å²) in [5.74, 6) is 0.550. The van der Waals surface area contributed by atoms with Gasteiger partial charge in [0.15, 0.2) is 5.17 Å². The third-order valence-corrected chi connectivity index (χ3v) is 6.04. The van der Waals surface area contributed by atoms with Crippen LogP contribution in [0.25, 0.3) is 6.08 Å². The second kappa shape index (κ2) is 8.58. The number of amides is 1. The van der Waals surface area contributed by atoms with E-state index >= 15 is 0 Å². The molecule has 30 heavy (non-hydrogen) atoms. The average Bonchev–Trinajstić information content (AvgIpc) is 3.14. The maximum Gasteiger partial charge on any atom is 0.286 e. The Morgan fingerprint density at radius 1 is 1.03 bits per heavy atom.